The number of amides is 1. The lowest BCUT2D eigenvalue weighted by molar-refractivity contribution is -0.132. The number of rotatable bonds is 9. The number of anilines is 1. The molecule has 0 atom stereocenters. The number of aromatic nitrogens is 1. The van der Waals surface area contributed by atoms with Gasteiger partial charge < -0.3 is 9.84 Å². The Hall–Kier alpha value is -3.50. The Bertz CT molecular complexity index is 1230. The zero-order chi connectivity index (χ0) is 24.8. The van der Waals surface area contributed by atoms with Gasteiger partial charge in [-0.3, -0.25) is 10.1 Å². The molecule has 0 aliphatic heterocycles. The summed E-state index contributed by atoms with van der Waals surface area (Å²) in [7, 11) is 0. The fourth-order valence-electron chi connectivity index (χ4n) is 2.97. The van der Waals surface area contributed by atoms with Gasteiger partial charge in [-0.2, -0.15) is 0 Å². The molecular weight excluding hydrogens is 469 g/mol. The molecule has 0 bridgehead atoms. The summed E-state index contributed by atoms with van der Waals surface area (Å²) >= 11 is 1.02. The molecule has 1 aromatic heterocycles. The lowest BCUT2D eigenvalue weighted by Gasteiger charge is -2.07. The van der Waals surface area contributed by atoms with E-state index in [1.807, 2.05) is 6.92 Å². The second-order valence-electron chi connectivity index (χ2n) is 7.31. The number of carbonyl (C=O) groups is 2. The molecular formula is C24H21F3N2O4S. The quantitative estimate of drug-likeness (QED) is 0.288. The fourth-order valence-corrected chi connectivity index (χ4v) is 3.68. The molecule has 3 aromatic rings. The van der Waals surface area contributed by atoms with Crippen molar-refractivity contribution in [2.24, 2.45) is 0 Å². The first kappa shape index (κ1) is 25.1. The highest BCUT2D eigenvalue weighted by molar-refractivity contribution is 7.14. The number of nitrogens with zero attached hydrogens (tertiary/aromatic N) is 1. The molecule has 2 aromatic carbocycles. The predicted molar refractivity (Wildman–Crippen MR) is 123 cm³/mol. The Morgan fingerprint density at radius 2 is 1.91 bits per heavy atom. The van der Waals surface area contributed by atoms with Gasteiger partial charge in [0.05, 0.1) is 12.3 Å². The molecule has 0 radical (unpaired) electrons. The number of thiazole rings is 1. The van der Waals surface area contributed by atoms with E-state index < -0.39 is 34.9 Å². The molecule has 0 aliphatic rings. The number of ether oxygens (including phenoxy) is 1. The van der Waals surface area contributed by atoms with Crippen LogP contribution in [0.5, 0.6) is 0 Å². The summed E-state index contributed by atoms with van der Waals surface area (Å²) < 4.78 is 48.9. The summed E-state index contributed by atoms with van der Waals surface area (Å²) in [4.78, 5) is 27.6. The van der Waals surface area contributed by atoms with Gasteiger partial charge in [-0.15, -0.1) is 11.3 Å². The third kappa shape index (κ3) is 5.89. The number of hydrogen-bond acceptors (Lipinski definition) is 5. The van der Waals surface area contributed by atoms with Gasteiger partial charge in [-0.1, -0.05) is 19.1 Å². The van der Waals surface area contributed by atoms with Gasteiger partial charge in [0.25, 0.3) is 5.91 Å². The number of halogens is 3. The first-order valence-electron chi connectivity index (χ1n) is 10.2. The van der Waals surface area contributed by atoms with Crippen LogP contribution in [0, 0.1) is 17.5 Å². The molecule has 10 heteroatoms. The molecule has 1 amide bonds. The summed E-state index contributed by atoms with van der Waals surface area (Å²) in [5.74, 6) is -4.81. The van der Waals surface area contributed by atoms with E-state index in [2.05, 4.69) is 10.3 Å². The monoisotopic (exact) mass is 490 g/mol. The number of benzene rings is 2. The molecule has 2 N–H and O–H groups in total. The zero-order valence-corrected chi connectivity index (χ0v) is 19.1. The highest BCUT2D eigenvalue weighted by Crippen LogP contribution is 2.29. The van der Waals surface area contributed by atoms with E-state index in [-0.39, 0.29) is 34.1 Å². The van der Waals surface area contributed by atoms with Crippen LogP contribution in [0.1, 0.15) is 41.8 Å². The highest BCUT2D eigenvalue weighted by Gasteiger charge is 2.18. The largest absolute Gasteiger partial charge is 0.478 e. The number of carboxylic acid groups (broad SMARTS) is 1. The van der Waals surface area contributed by atoms with Crippen molar-refractivity contribution < 1.29 is 32.6 Å². The Morgan fingerprint density at radius 3 is 2.56 bits per heavy atom. The van der Waals surface area contributed by atoms with Crippen LogP contribution in [0.15, 0.2) is 41.3 Å². The number of aliphatic carboxylic acids is 1. The molecule has 178 valence electrons. The topological polar surface area (TPSA) is 88.5 Å². The van der Waals surface area contributed by atoms with E-state index >= 15 is 0 Å². The average molecular weight is 491 g/mol. The third-order valence-electron chi connectivity index (χ3n) is 4.72. The van der Waals surface area contributed by atoms with E-state index in [1.165, 1.54) is 6.92 Å². The number of carbonyl (C=O) groups excluding carboxylic acids is 1. The first-order valence-corrected chi connectivity index (χ1v) is 11.1. The van der Waals surface area contributed by atoms with Gasteiger partial charge in [0.2, 0.25) is 0 Å². The molecule has 0 aliphatic carbocycles. The van der Waals surface area contributed by atoms with Crippen molar-refractivity contribution in [2.75, 3.05) is 11.9 Å². The smallest absolute Gasteiger partial charge is 0.331 e. The lowest BCUT2D eigenvalue weighted by Crippen LogP contribution is -2.13. The molecule has 6 nitrogen and oxygen atoms in total. The molecule has 0 unspecified atom stereocenters. The highest BCUT2D eigenvalue weighted by atomic mass is 32.1. The Labute approximate surface area is 197 Å². The van der Waals surface area contributed by atoms with E-state index in [4.69, 9.17) is 9.84 Å². The maximum absolute atomic E-state index is 14.9. The summed E-state index contributed by atoms with van der Waals surface area (Å²) in [6.07, 6.45) is 1.66. The van der Waals surface area contributed by atoms with Crippen LogP contribution in [0.4, 0.5) is 18.3 Å². The van der Waals surface area contributed by atoms with Crippen LogP contribution < -0.4 is 5.32 Å². The van der Waals surface area contributed by atoms with Gasteiger partial charge in [-0.05, 0) is 37.6 Å². The van der Waals surface area contributed by atoms with Gasteiger partial charge >= 0.3 is 5.97 Å². The molecule has 0 saturated carbocycles. The Balaban J connectivity index is 1.78. The normalized spacial score (nSPS) is 11.5. The maximum Gasteiger partial charge on any atom is 0.331 e. The summed E-state index contributed by atoms with van der Waals surface area (Å²) in [6, 6.07) is 6.44. The second kappa shape index (κ2) is 11.1. The maximum atomic E-state index is 14.9. The summed E-state index contributed by atoms with van der Waals surface area (Å²) in [6.45, 7) is 3.77. The van der Waals surface area contributed by atoms with Crippen molar-refractivity contribution in [3.05, 3.63) is 75.4 Å². The van der Waals surface area contributed by atoms with Crippen LogP contribution in [0.25, 0.3) is 17.3 Å². The van der Waals surface area contributed by atoms with Crippen molar-refractivity contribution in [3.63, 3.8) is 0 Å². The zero-order valence-electron chi connectivity index (χ0n) is 18.3. The van der Waals surface area contributed by atoms with Crippen molar-refractivity contribution in [1.82, 2.24) is 4.98 Å². The van der Waals surface area contributed by atoms with Gasteiger partial charge in [-0.25, -0.2) is 22.9 Å². The lowest BCUT2D eigenvalue weighted by atomic mass is 10.1. The minimum atomic E-state index is -1.32. The van der Waals surface area contributed by atoms with Crippen LogP contribution >= 0.6 is 11.3 Å². The molecule has 3 rings (SSSR count). The van der Waals surface area contributed by atoms with E-state index in [1.54, 1.807) is 23.6 Å². The van der Waals surface area contributed by atoms with Crippen molar-refractivity contribution in [2.45, 2.75) is 26.9 Å². The Morgan fingerprint density at radius 1 is 1.21 bits per heavy atom. The average Bonchev–Trinajstić information content (AvgIpc) is 3.25. The van der Waals surface area contributed by atoms with E-state index in [0.717, 1.165) is 36.0 Å². The molecule has 34 heavy (non-hydrogen) atoms. The number of hydrogen-bond donors (Lipinski definition) is 2. The van der Waals surface area contributed by atoms with Gasteiger partial charge in [0, 0.05) is 39.8 Å². The van der Waals surface area contributed by atoms with Crippen molar-refractivity contribution in [1.29, 1.82) is 0 Å². The van der Waals surface area contributed by atoms with Crippen LogP contribution in [-0.2, 0) is 16.1 Å². The summed E-state index contributed by atoms with van der Waals surface area (Å²) in [5.41, 5.74) is -0.251. The number of nitrogens with one attached hydrogen (secondary N) is 1. The molecule has 1 heterocycles. The van der Waals surface area contributed by atoms with Gasteiger partial charge in [0.1, 0.15) is 17.5 Å². The number of carboxylic acids is 1. The predicted octanol–water partition coefficient (Wildman–Crippen LogP) is 5.89. The second-order valence-corrected chi connectivity index (χ2v) is 8.17. The van der Waals surface area contributed by atoms with E-state index in [0.29, 0.717) is 12.2 Å². The fraction of sp³-hybridized carbons (Fsp3) is 0.208. The molecule has 0 fully saturated rings. The first-order chi connectivity index (χ1) is 16.2. The summed E-state index contributed by atoms with van der Waals surface area (Å²) in [5, 5.41) is 13.0. The van der Waals surface area contributed by atoms with Crippen LogP contribution in [-0.4, -0.2) is 28.6 Å². The van der Waals surface area contributed by atoms with Gasteiger partial charge in [0.15, 0.2) is 5.13 Å². The molecule has 0 saturated heterocycles. The van der Waals surface area contributed by atoms with Crippen LogP contribution in [0.2, 0.25) is 0 Å². The van der Waals surface area contributed by atoms with Crippen molar-refractivity contribution >= 4 is 34.4 Å². The molecule has 0 spiro atoms. The minimum Gasteiger partial charge on any atom is -0.478 e. The van der Waals surface area contributed by atoms with Crippen molar-refractivity contribution in [3.8, 4) is 11.3 Å². The third-order valence-corrected chi connectivity index (χ3v) is 5.48. The standard InChI is InChI=1S/C24H21F3N2O4S/c1-3-7-33-11-14-5-4-6-16(21(14)27)20-12-34-24(28-20)29-22(30)15-9-18(25)17(19(26)10-15)8-13(2)23(31)32/h4-6,8-10,12H,3,7,11H2,1-2H3,(H,31,32)(H,28,29,30). The SMILES string of the molecule is CCCOCc1cccc(-c2csc(NC(=O)c3cc(F)c(C=C(C)C(=O)O)c(F)c3)n2)c1F. The van der Waals surface area contributed by atoms with E-state index in [9.17, 15) is 22.8 Å². The minimum absolute atomic E-state index is 0.110. The Kier molecular flexibility index (Phi) is 8.19. The van der Waals surface area contributed by atoms with Crippen LogP contribution in [0.3, 0.4) is 0 Å².